The van der Waals surface area contributed by atoms with Gasteiger partial charge in [-0.25, -0.2) is 0 Å². The van der Waals surface area contributed by atoms with Crippen LogP contribution in [0.3, 0.4) is 0 Å². The third-order valence-electron chi connectivity index (χ3n) is 4.13. The van der Waals surface area contributed by atoms with Crippen LogP contribution in [-0.4, -0.2) is 79.7 Å². The van der Waals surface area contributed by atoms with Crippen molar-refractivity contribution in [2.24, 2.45) is 0 Å². The number of methoxy groups -OCH3 is 1. The summed E-state index contributed by atoms with van der Waals surface area (Å²) in [5.74, 6) is -0.245. The average Bonchev–Trinajstić information content (AvgIpc) is 2.62. The number of carbonyl (C=O) groups excluding carboxylic acids is 2. The Labute approximate surface area is 142 Å². The molecule has 0 unspecified atom stereocenters. The van der Waals surface area contributed by atoms with Crippen molar-refractivity contribution in [3.63, 3.8) is 0 Å². The SMILES string of the molecule is COc1ccc(CCNC(=O)C(=O)N2CCN(CCO)CC2)cc1. The normalized spacial score (nSPS) is 15.2. The zero-order valence-corrected chi connectivity index (χ0v) is 14.0. The second-order valence-electron chi connectivity index (χ2n) is 5.71. The molecule has 1 heterocycles. The number of aliphatic hydroxyl groups is 1. The molecular weight excluding hydrogens is 310 g/mol. The number of aliphatic hydroxyl groups excluding tert-OH is 1. The minimum atomic E-state index is -0.556. The van der Waals surface area contributed by atoms with Gasteiger partial charge in [0.25, 0.3) is 0 Å². The fraction of sp³-hybridized carbons (Fsp3) is 0.529. The molecule has 1 aliphatic heterocycles. The van der Waals surface area contributed by atoms with Crippen molar-refractivity contribution in [1.29, 1.82) is 0 Å². The van der Waals surface area contributed by atoms with Crippen molar-refractivity contribution in [1.82, 2.24) is 15.1 Å². The van der Waals surface area contributed by atoms with Gasteiger partial charge in [-0.3, -0.25) is 14.5 Å². The van der Waals surface area contributed by atoms with Gasteiger partial charge < -0.3 is 20.1 Å². The number of nitrogens with one attached hydrogen (secondary N) is 1. The predicted octanol–water partition coefficient (Wildman–Crippen LogP) is -0.510. The van der Waals surface area contributed by atoms with Gasteiger partial charge in [0.15, 0.2) is 0 Å². The minimum absolute atomic E-state index is 0.111. The molecule has 132 valence electrons. The summed E-state index contributed by atoms with van der Waals surface area (Å²) in [5, 5.41) is 11.6. The number of amides is 2. The first kappa shape index (κ1) is 18.2. The van der Waals surface area contributed by atoms with Crippen molar-refractivity contribution in [2.45, 2.75) is 6.42 Å². The first-order valence-electron chi connectivity index (χ1n) is 8.17. The van der Waals surface area contributed by atoms with Gasteiger partial charge >= 0.3 is 11.8 Å². The Kier molecular flexibility index (Phi) is 7.02. The van der Waals surface area contributed by atoms with Crippen molar-refractivity contribution in [3.05, 3.63) is 29.8 Å². The fourth-order valence-electron chi connectivity index (χ4n) is 2.65. The lowest BCUT2D eigenvalue weighted by atomic mass is 10.1. The maximum absolute atomic E-state index is 12.1. The Morgan fingerprint density at radius 1 is 1.17 bits per heavy atom. The van der Waals surface area contributed by atoms with E-state index in [1.54, 1.807) is 12.0 Å². The van der Waals surface area contributed by atoms with Gasteiger partial charge in [0.2, 0.25) is 0 Å². The molecule has 1 aromatic rings. The van der Waals surface area contributed by atoms with Crippen molar-refractivity contribution in [2.75, 3.05) is 53.0 Å². The highest BCUT2D eigenvalue weighted by atomic mass is 16.5. The summed E-state index contributed by atoms with van der Waals surface area (Å²) in [6.07, 6.45) is 0.660. The summed E-state index contributed by atoms with van der Waals surface area (Å²) in [6, 6.07) is 7.61. The molecule has 0 spiro atoms. The van der Waals surface area contributed by atoms with Crippen LogP contribution in [-0.2, 0) is 16.0 Å². The summed E-state index contributed by atoms with van der Waals surface area (Å²) in [6.45, 7) is 3.55. The van der Waals surface area contributed by atoms with E-state index in [0.29, 0.717) is 45.7 Å². The number of ether oxygens (including phenoxy) is 1. The van der Waals surface area contributed by atoms with Crippen LogP contribution in [0.25, 0.3) is 0 Å². The molecule has 2 amide bonds. The van der Waals surface area contributed by atoms with E-state index in [2.05, 4.69) is 10.2 Å². The molecule has 1 fully saturated rings. The largest absolute Gasteiger partial charge is 0.497 e. The first-order valence-corrected chi connectivity index (χ1v) is 8.17. The summed E-state index contributed by atoms with van der Waals surface area (Å²) in [5.41, 5.74) is 1.07. The highest BCUT2D eigenvalue weighted by Gasteiger charge is 2.25. The predicted molar refractivity (Wildman–Crippen MR) is 89.8 cm³/mol. The van der Waals surface area contributed by atoms with Gasteiger partial charge in [0, 0.05) is 39.3 Å². The van der Waals surface area contributed by atoms with Crippen LogP contribution in [0.5, 0.6) is 5.75 Å². The lowest BCUT2D eigenvalue weighted by Gasteiger charge is -2.33. The number of piperazine rings is 1. The number of benzene rings is 1. The van der Waals surface area contributed by atoms with E-state index < -0.39 is 11.8 Å². The first-order chi connectivity index (χ1) is 11.6. The van der Waals surface area contributed by atoms with Crippen molar-refractivity contribution in [3.8, 4) is 5.75 Å². The van der Waals surface area contributed by atoms with Gasteiger partial charge in [0.1, 0.15) is 5.75 Å². The molecule has 1 saturated heterocycles. The molecule has 0 radical (unpaired) electrons. The smallest absolute Gasteiger partial charge is 0.311 e. The molecule has 2 N–H and O–H groups in total. The monoisotopic (exact) mass is 335 g/mol. The van der Waals surface area contributed by atoms with Crippen LogP contribution in [0, 0.1) is 0 Å². The minimum Gasteiger partial charge on any atom is -0.497 e. The Morgan fingerprint density at radius 2 is 1.83 bits per heavy atom. The molecule has 7 heteroatoms. The number of hydrogen-bond acceptors (Lipinski definition) is 5. The number of rotatable bonds is 6. The zero-order chi connectivity index (χ0) is 17.4. The molecule has 0 atom stereocenters. The highest BCUT2D eigenvalue weighted by molar-refractivity contribution is 6.35. The van der Waals surface area contributed by atoms with E-state index in [4.69, 9.17) is 9.84 Å². The van der Waals surface area contributed by atoms with Crippen LogP contribution in [0.1, 0.15) is 5.56 Å². The molecule has 0 saturated carbocycles. The van der Waals surface area contributed by atoms with Gasteiger partial charge in [-0.1, -0.05) is 12.1 Å². The zero-order valence-electron chi connectivity index (χ0n) is 14.0. The molecule has 1 aromatic carbocycles. The van der Waals surface area contributed by atoms with Crippen LogP contribution >= 0.6 is 0 Å². The number of nitrogens with zero attached hydrogens (tertiary/aromatic N) is 2. The Morgan fingerprint density at radius 3 is 2.42 bits per heavy atom. The van der Waals surface area contributed by atoms with Gasteiger partial charge in [-0.2, -0.15) is 0 Å². The van der Waals surface area contributed by atoms with Crippen LogP contribution in [0.4, 0.5) is 0 Å². The summed E-state index contributed by atoms with van der Waals surface area (Å²) >= 11 is 0. The fourth-order valence-corrected chi connectivity index (χ4v) is 2.65. The number of β-amino-alcohol motifs (C(OH)–C–C–N with tert-alkyl or cyclic N) is 1. The lowest BCUT2D eigenvalue weighted by molar-refractivity contribution is -0.147. The molecular formula is C17H25N3O4. The molecule has 0 bridgehead atoms. The van der Waals surface area contributed by atoms with Crippen molar-refractivity contribution < 1.29 is 19.4 Å². The van der Waals surface area contributed by atoms with E-state index in [1.165, 1.54) is 0 Å². The quantitative estimate of drug-likeness (QED) is 0.685. The molecule has 1 aliphatic rings. The summed E-state index contributed by atoms with van der Waals surface area (Å²) in [4.78, 5) is 27.7. The topological polar surface area (TPSA) is 82.1 Å². The molecule has 0 aliphatic carbocycles. The highest BCUT2D eigenvalue weighted by Crippen LogP contribution is 2.11. The molecule has 0 aromatic heterocycles. The Balaban J connectivity index is 1.71. The standard InChI is InChI=1S/C17H25N3O4/c1-24-15-4-2-14(3-5-15)6-7-18-16(22)17(23)20-10-8-19(9-11-20)12-13-21/h2-5,21H,6-13H2,1H3,(H,18,22). The Hall–Kier alpha value is -2.12. The van der Waals surface area contributed by atoms with E-state index in [0.717, 1.165) is 11.3 Å². The Bertz CT molecular complexity index is 539. The van der Waals surface area contributed by atoms with Crippen LogP contribution in [0.2, 0.25) is 0 Å². The third kappa shape index (κ3) is 5.21. The number of hydrogen-bond donors (Lipinski definition) is 2. The lowest BCUT2D eigenvalue weighted by Crippen LogP contribution is -2.53. The third-order valence-corrected chi connectivity index (χ3v) is 4.13. The molecule has 24 heavy (non-hydrogen) atoms. The second kappa shape index (κ2) is 9.24. The van der Waals surface area contributed by atoms with Gasteiger partial charge in [-0.15, -0.1) is 0 Å². The molecule has 2 rings (SSSR count). The van der Waals surface area contributed by atoms with E-state index >= 15 is 0 Å². The van der Waals surface area contributed by atoms with Crippen LogP contribution < -0.4 is 10.1 Å². The molecule has 7 nitrogen and oxygen atoms in total. The van der Waals surface area contributed by atoms with E-state index in [-0.39, 0.29) is 6.61 Å². The summed E-state index contributed by atoms with van der Waals surface area (Å²) in [7, 11) is 1.62. The van der Waals surface area contributed by atoms with Gasteiger partial charge in [0.05, 0.1) is 13.7 Å². The van der Waals surface area contributed by atoms with Gasteiger partial charge in [-0.05, 0) is 24.1 Å². The maximum atomic E-state index is 12.1. The van der Waals surface area contributed by atoms with E-state index in [1.807, 2.05) is 24.3 Å². The number of carbonyl (C=O) groups is 2. The maximum Gasteiger partial charge on any atom is 0.311 e. The van der Waals surface area contributed by atoms with E-state index in [9.17, 15) is 9.59 Å². The van der Waals surface area contributed by atoms with Crippen molar-refractivity contribution >= 4 is 11.8 Å². The summed E-state index contributed by atoms with van der Waals surface area (Å²) < 4.78 is 5.10. The van der Waals surface area contributed by atoms with Crippen LogP contribution in [0.15, 0.2) is 24.3 Å². The second-order valence-corrected chi connectivity index (χ2v) is 5.71. The average molecular weight is 335 g/mol.